The van der Waals surface area contributed by atoms with Crippen LogP contribution in [0.1, 0.15) is 17.6 Å². The van der Waals surface area contributed by atoms with Gasteiger partial charge in [-0.1, -0.05) is 6.07 Å². The molecule has 1 aromatic heterocycles. The number of anilines is 2. The number of carbonyl (C=O) groups excluding carboxylic acids is 1. The van der Waals surface area contributed by atoms with E-state index in [0.717, 1.165) is 11.4 Å². The molecule has 2 N–H and O–H groups in total. The molecule has 0 aliphatic rings. The number of hydrogen-bond acceptors (Lipinski definition) is 5. The highest BCUT2D eigenvalue weighted by atomic mass is 32.1. The molecule has 5 nitrogen and oxygen atoms in total. The average Bonchev–Trinajstić information content (AvgIpc) is 2.86. The Morgan fingerprint density at radius 2 is 2.19 bits per heavy atom. The van der Waals surface area contributed by atoms with Crippen LogP contribution in [0.3, 0.4) is 0 Å². The minimum atomic E-state index is -0.126. The van der Waals surface area contributed by atoms with Gasteiger partial charge >= 0.3 is 0 Å². The second-order valence-electron chi connectivity index (χ2n) is 4.37. The van der Waals surface area contributed by atoms with Gasteiger partial charge in [-0.2, -0.15) is 5.26 Å². The second-order valence-corrected chi connectivity index (χ2v) is 5.23. The molecule has 1 amide bonds. The molecule has 0 aliphatic carbocycles. The molecule has 0 fully saturated rings. The summed E-state index contributed by atoms with van der Waals surface area (Å²) in [5.41, 5.74) is 2.84. The number of benzene rings is 1. The zero-order chi connectivity index (χ0) is 15.2. The van der Waals surface area contributed by atoms with E-state index < -0.39 is 0 Å². The van der Waals surface area contributed by atoms with Crippen LogP contribution in [0.2, 0.25) is 0 Å². The predicted octanol–water partition coefficient (Wildman–Crippen LogP) is 3.39. The Kier molecular flexibility index (Phi) is 4.69. The van der Waals surface area contributed by atoms with E-state index in [9.17, 15) is 10.1 Å². The molecule has 6 heteroatoms. The summed E-state index contributed by atoms with van der Waals surface area (Å²) >= 11 is 1.43. The van der Waals surface area contributed by atoms with Crippen LogP contribution in [-0.2, 0) is 4.79 Å². The number of allylic oxidation sites excluding steroid dienone is 1. The molecular weight excluding hydrogens is 284 g/mol. The first-order chi connectivity index (χ1) is 10.1. The number of nitrogens with zero attached hydrogens (tertiary/aromatic N) is 2. The Morgan fingerprint density at radius 3 is 2.81 bits per heavy atom. The van der Waals surface area contributed by atoms with Crippen LogP contribution < -0.4 is 10.6 Å². The van der Waals surface area contributed by atoms with E-state index in [1.165, 1.54) is 18.3 Å². The predicted molar refractivity (Wildman–Crippen MR) is 84.8 cm³/mol. The van der Waals surface area contributed by atoms with E-state index in [4.69, 9.17) is 0 Å². The van der Waals surface area contributed by atoms with Crippen molar-refractivity contribution >= 4 is 34.2 Å². The average molecular weight is 298 g/mol. The Morgan fingerprint density at radius 1 is 1.43 bits per heavy atom. The Hall–Kier alpha value is -2.65. The molecule has 0 atom stereocenters. The van der Waals surface area contributed by atoms with Crippen molar-refractivity contribution < 1.29 is 4.79 Å². The monoisotopic (exact) mass is 298 g/mol. The summed E-state index contributed by atoms with van der Waals surface area (Å²) in [6.07, 6.45) is 1.62. The van der Waals surface area contributed by atoms with Crippen LogP contribution in [0.5, 0.6) is 0 Å². The van der Waals surface area contributed by atoms with Crippen LogP contribution in [0.4, 0.5) is 11.4 Å². The molecular formula is C15H14N4OS. The summed E-state index contributed by atoms with van der Waals surface area (Å²) in [6.45, 7) is 3.35. The van der Waals surface area contributed by atoms with Crippen molar-refractivity contribution in [2.75, 3.05) is 10.6 Å². The highest BCUT2D eigenvalue weighted by Gasteiger charge is 2.05. The van der Waals surface area contributed by atoms with Crippen molar-refractivity contribution in [3.05, 3.63) is 46.5 Å². The number of aromatic nitrogens is 1. The summed E-state index contributed by atoms with van der Waals surface area (Å²) in [6, 6.07) is 9.39. The molecule has 1 heterocycles. The first-order valence-corrected chi connectivity index (χ1v) is 7.13. The number of amides is 1. The van der Waals surface area contributed by atoms with Gasteiger partial charge in [-0.25, -0.2) is 4.98 Å². The first kappa shape index (κ1) is 14.8. The fraction of sp³-hybridized carbons (Fsp3) is 0.133. The van der Waals surface area contributed by atoms with Crippen molar-refractivity contribution in [1.82, 2.24) is 4.98 Å². The lowest BCUT2D eigenvalue weighted by molar-refractivity contribution is -0.114. The van der Waals surface area contributed by atoms with Gasteiger partial charge in [0.2, 0.25) is 5.91 Å². The van der Waals surface area contributed by atoms with Gasteiger partial charge < -0.3 is 10.6 Å². The van der Waals surface area contributed by atoms with Gasteiger partial charge in [0.05, 0.1) is 0 Å². The lowest BCUT2D eigenvalue weighted by Gasteiger charge is -2.05. The van der Waals surface area contributed by atoms with Crippen molar-refractivity contribution in [3.8, 4) is 6.07 Å². The van der Waals surface area contributed by atoms with Crippen LogP contribution in [-0.4, -0.2) is 10.9 Å². The Bertz CT molecular complexity index is 727. The minimum Gasteiger partial charge on any atom is -0.360 e. The molecule has 21 heavy (non-hydrogen) atoms. The third-order valence-electron chi connectivity index (χ3n) is 2.54. The molecule has 0 aliphatic heterocycles. The van der Waals surface area contributed by atoms with Crippen LogP contribution in [0, 0.1) is 18.3 Å². The summed E-state index contributed by atoms with van der Waals surface area (Å²) in [4.78, 5) is 15.3. The zero-order valence-corrected chi connectivity index (χ0v) is 12.5. The van der Waals surface area contributed by atoms with E-state index in [1.54, 1.807) is 18.3 Å². The maximum absolute atomic E-state index is 11.0. The van der Waals surface area contributed by atoms with E-state index in [0.29, 0.717) is 16.3 Å². The maximum atomic E-state index is 11.0. The summed E-state index contributed by atoms with van der Waals surface area (Å²) in [5, 5.41) is 17.5. The Balaban J connectivity index is 2.15. The van der Waals surface area contributed by atoms with E-state index in [2.05, 4.69) is 21.7 Å². The van der Waals surface area contributed by atoms with Crippen molar-refractivity contribution in [2.45, 2.75) is 13.8 Å². The highest BCUT2D eigenvalue weighted by Crippen LogP contribution is 2.20. The van der Waals surface area contributed by atoms with Gasteiger partial charge in [-0.15, -0.1) is 11.3 Å². The fourth-order valence-electron chi connectivity index (χ4n) is 1.67. The number of nitriles is 1. The van der Waals surface area contributed by atoms with Crippen molar-refractivity contribution in [3.63, 3.8) is 0 Å². The highest BCUT2D eigenvalue weighted by molar-refractivity contribution is 7.10. The number of rotatable bonds is 4. The number of hydrogen-bond donors (Lipinski definition) is 2. The Labute approximate surface area is 127 Å². The van der Waals surface area contributed by atoms with Crippen LogP contribution >= 0.6 is 11.3 Å². The smallest absolute Gasteiger partial charge is 0.221 e. The number of aryl methyl sites for hydroxylation is 1. The van der Waals surface area contributed by atoms with Gasteiger partial charge in [0, 0.05) is 35.6 Å². The molecule has 0 saturated carbocycles. The number of nitrogens with one attached hydrogen (secondary N) is 2. The van der Waals surface area contributed by atoms with E-state index in [1.807, 2.05) is 24.4 Å². The molecule has 106 valence electrons. The third kappa shape index (κ3) is 4.16. The molecule has 2 aromatic rings. The van der Waals surface area contributed by atoms with Gasteiger partial charge in [0.1, 0.15) is 16.6 Å². The fourth-order valence-corrected chi connectivity index (χ4v) is 2.43. The number of thiazole rings is 1. The topological polar surface area (TPSA) is 77.8 Å². The molecule has 0 radical (unpaired) electrons. The molecule has 1 aromatic carbocycles. The molecule has 0 bridgehead atoms. The molecule has 0 unspecified atom stereocenters. The van der Waals surface area contributed by atoms with Gasteiger partial charge in [-0.3, -0.25) is 4.79 Å². The standard InChI is InChI=1S/C15H14N4OS/c1-10-9-21-15(18-10)12(7-16)8-17-13-4-3-5-14(6-13)19-11(2)20/h3-6,8-9,17H,1-2H3,(H,19,20)/b12-8+. The normalized spacial score (nSPS) is 10.8. The van der Waals surface area contributed by atoms with Gasteiger partial charge in [-0.05, 0) is 25.1 Å². The van der Waals surface area contributed by atoms with Crippen molar-refractivity contribution in [2.24, 2.45) is 0 Å². The van der Waals surface area contributed by atoms with Gasteiger partial charge in [0.25, 0.3) is 0 Å². The second kappa shape index (κ2) is 6.68. The summed E-state index contributed by atoms with van der Waals surface area (Å²) < 4.78 is 0. The minimum absolute atomic E-state index is 0.126. The summed E-state index contributed by atoms with van der Waals surface area (Å²) in [5.74, 6) is -0.126. The van der Waals surface area contributed by atoms with E-state index >= 15 is 0 Å². The van der Waals surface area contributed by atoms with Gasteiger partial charge in [0.15, 0.2) is 0 Å². The number of carbonyl (C=O) groups is 1. The van der Waals surface area contributed by atoms with Crippen molar-refractivity contribution in [1.29, 1.82) is 5.26 Å². The zero-order valence-electron chi connectivity index (χ0n) is 11.7. The quantitative estimate of drug-likeness (QED) is 0.848. The van der Waals surface area contributed by atoms with Crippen LogP contribution in [0.15, 0.2) is 35.8 Å². The lowest BCUT2D eigenvalue weighted by atomic mass is 10.2. The molecule has 0 saturated heterocycles. The maximum Gasteiger partial charge on any atom is 0.221 e. The first-order valence-electron chi connectivity index (χ1n) is 6.25. The molecule has 2 rings (SSSR count). The SMILES string of the molecule is CC(=O)Nc1cccc(N/C=C(\C#N)c2nc(C)cs2)c1. The lowest BCUT2D eigenvalue weighted by Crippen LogP contribution is -2.05. The largest absolute Gasteiger partial charge is 0.360 e. The molecule has 0 spiro atoms. The van der Waals surface area contributed by atoms with E-state index in [-0.39, 0.29) is 5.91 Å². The third-order valence-corrected chi connectivity index (χ3v) is 3.53. The van der Waals surface area contributed by atoms with Crippen LogP contribution in [0.25, 0.3) is 5.57 Å². The summed E-state index contributed by atoms with van der Waals surface area (Å²) in [7, 11) is 0.